The second-order valence-electron chi connectivity index (χ2n) is 6.96. The summed E-state index contributed by atoms with van der Waals surface area (Å²) in [6.07, 6.45) is 5.12. The van der Waals surface area contributed by atoms with Crippen LogP contribution in [0.3, 0.4) is 0 Å². The van der Waals surface area contributed by atoms with Crippen LogP contribution in [0.2, 0.25) is 0 Å². The Bertz CT molecular complexity index is 685. The molecular formula is C16H20N6S. The van der Waals surface area contributed by atoms with Crippen molar-refractivity contribution in [3.05, 3.63) is 22.8 Å². The van der Waals surface area contributed by atoms with Crippen molar-refractivity contribution in [2.75, 3.05) is 29.9 Å². The maximum atomic E-state index is 4.38. The molecule has 120 valence electrons. The molecule has 3 heterocycles. The fourth-order valence-electron chi connectivity index (χ4n) is 3.02. The topological polar surface area (TPSA) is 66.8 Å². The van der Waals surface area contributed by atoms with Crippen LogP contribution >= 0.6 is 11.3 Å². The van der Waals surface area contributed by atoms with Crippen molar-refractivity contribution >= 4 is 22.3 Å². The van der Waals surface area contributed by atoms with Crippen molar-refractivity contribution in [1.29, 1.82) is 0 Å². The van der Waals surface area contributed by atoms with Crippen LogP contribution in [0.5, 0.6) is 0 Å². The van der Waals surface area contributed by atoms with E-state index in [2.05, 4.69) is 42.7 Å². The molecule has 0 unspecified atom stereocenters. The van der Waals surface area contributed by atoms with Crippen molar-refractivity contribution in [3.8, 4) is 0 Å². The molecule has 23 heavy (non-hydrogen) atoms. The lowest BCUT2D eigenvalue weighted by molar-refractivity contribution is 0.425. The molecule has 0 radical (unpaired) electrons. The molecule has 2 aromatic rings. The van der Waals surface area contributed by atoms with E-state index in [1.807, 2.05) is 0 Å². The van der Waals surface area contributed by atoms with Gasteiger partial charge in [0.1, 0.15) is 5.01 Å². The van der Waals surface area contributed by atoms with Crippen LogP contribution in [-0.4, -0.2) is 40.0 Å². The minimum Gasteiger partial charge on any atom is -0.360 e. The fraction of sp³-hybridized carbons (Fsp3) is 0.625. The molecule has 0 amide bonds. The molecular weight excluding hydrogens is 308 g/mol. The van der Waals surface area contributed by atoms with Crippen LogP contribution in [0.15, 0.2) is 12.1 Å². The molecule has 7 heteroatoms. The number of nitrogens with zero attached hydrogens (tertiary/aromatic N) is 5. The summed E-state index contributed by atoms with van der Waals surface area (Å²) in [5, 5.41) is 22.9. The van der Waals surface area contributed by atoms with Gasteiger partial charge in [-0.05, 0) is 37.8 Å². The standard InChI is InChI=1S/C16H20N6S/c1-2-11(1)13-5-6-14(19-18-13)22-8-10(9-22)7-17-16-21-20-15(23-16)12-3-4-12/h5-6,10-12H,1-4,7-9H2,(H,17,21). The predicted octanol–water partition coefficient (Wildman–Crippen LogP) is 2.63. The number of nitrogens with one attached hydrogen (secondary N) is 1. The van der Waals surface area contributed by atoms with Gasteiger partial charge in [0.05, 0.1) is 5.69 Å². The third-order valence-electron chi connectivity index (χ3n) is 4.86. The predicted molar refractivity (Wildman–Crippen MR) is 90.1 cm³/mol. The van der Waals surface area contributed by atoms with Gasteiger partial charge in [-0.1, -0.05) is 11.3 Å². The zero-order valence-corrected chi connectivity index (χ0v) is 13.8. The Morgan fingerprint density at radius 1 is 1.00 bits per heavy atom. The average Bonchev–Trinajstić information content (AvgIpc) is 3.45. The van der Waals surface area contributed by atoms with Crippen molar-refractivity contribution in [3.63, 3.8) is 0 Å². The lowest BCUT2D eigenvalue weighted by atomic mass is 10.0. The van der Waals surface area contributed by atoms with Gasteiger partial charge in [-0.3, -0.25) is 0 Å². The van der Waals surface area contributed by atoms with Gasteiger partial charge in [-0.25, -0.2) is 0 Å². The number of aromatic nitrogens is 4. The second kappa shape index (κ2) is 5.40. The molecule has 1 aliphatic heterocycles. The first-order valence-corrected chi connectivity index (χ1v) is 9.32. The second-order valence-corrected chi connectivity index (χ2v) is 7.97. The van der Waals surface area contributed by atoms with Gasteiger partial charge in [-0.2, -0.15) is 5.10 Å². The number of anilines is 2. The number of hydrogen-bond acceptors (Lipinski definition) is 7. The zero-order chi connectivity index (χ0) is 15.2. The van der Waals surface area contributed by atoms with Gasteiger partial charge in [-0.15, -0.1) is 15.3 Å². The summed E-state index contributed by atoms with van der Waals surface area (Å²) >= 11 is 1.72. The van der Waals surface area contributed by atoms with Gasteiger partial charge in [0, 0.05) is 37.4 Å². The van der Waals surface area contributed by atoms with E-state index in [4.69, 9.17) is 0 Å². The minimum absolute atomic E-state index is 0.646. The maximum absolute atomic E-state index is 4.38. The third kappa shape index (κ3) is 2.89. The molecule has 2 aromatic heterocycles. The van der Waals surface area contributed by atoms with Crippen LogP contribution in [0.1, 0.15) is 48.2 Å². The highest BCUT2D eigenvalue weighted by atomic mass is 32.1. The van der Waals surface area contributed by atoms with E-state index in [1.54, 1.807) is 11.3 Å². The summed E-state index contributed by atoms with van der Waals surface area (Å²) in [5.74, 6) is 3.03. The fourth-order valence-corrected chi connectivity index (χ4v) is 3.94. The zero-order valence-electron chi connectivity index (χ0n) is 13.0. The molecule has 0 aromatic carbocycles. The van der Waals surface area contributed by atoms with Crippen LogP contribution in [0, 0.1) is 5.92 Å². The lowest BCUT2D eigenvalue weighted by Crippen LogP contribution is -2.50. The molecule has 0 bridgehead atoms. The Morgan fingerprint density at radius 3 is 2.52 bits per heavy atom. The summed E-state index contributed by atoms with van der Waals surface area (Å²) in [6.45, 7) is 3.04. The molecule has 0 spiro atoms. The van der Waals surface area contributed by atoms with E-state index in [1.165, 1.54) is 30.7 Å². The summed E-state index contributed by atoms with van der Waals surface area (Å²) < 4.78 is 0. The van der Waals surface area contributed by atoms with Crippen LogP contribution in [0.25, 0.3) is 0 Å². The highest BCUT2D eigenvalue weighted by Gasteiger charge is 2.30. The van der Waals surface area contributed by atoms with Crippen molar-refractivity contribution in [2.45, 2.75) is 37.5 Å². The van der Waals surface area contributed by atoms with Gasteiger partial charge < -0.3 is 10.2 Å². The van der Waals surface area contributed by atoms with Crippen LogP contribution in [-0.2, 0) is 0 Å². The van der Waals surface area contributed by atoms with Crippen molar-refractivity contribution in [2.24, 2.45) is 5.92 Å². The summed E-state index contributed by atoms with van der Waals surface area (Å²) in [6, 6.07) is 4.27. The maximum Gasteiger partial charge on any atom is 0.205 e. The molecule has 6 nitrogen and oxygen atoms in total. The molecule has 0 atom stereocenters. The molecule has 2 saturated carbocycles. The van der Waals surface area contributed by atoms with Crippen molar-refractivity contribution < 1.29 is 0 Å². The van der Waals surface area contributed by atoms with E-state index in [0.29, 0.717) is 17.8 Å². The summed E-state index contributed by atoms with van der Waals surface area (Å²) in [5.41, 5.74) is 1.16. The van der Waals surface area contributed by atoms with E-state index >= 15 is 0 Å². The SMILES string of the molecule is c1cc(N2CC(CNc3nnc(C4CC4)s3)C2)nnc1C1CC1. The molecule has 1 N–H and O–H groups in total. The highest BCUT2D eigenvalue weighted by molar-refractivity contribution is 7.15. The van der Waals surface area contributed by atoms with Crippen LogP contribution < -0.4 is 10.2 Å². The Balaban J connectivity index is 1.10. The quantitative estimate of drug-likeness (QED) is 0.879. The third-order valence-corrected chi connectivity index (χ3v) is 5.90. The smallest absolute Gasteiger partial charge is 0.205 e. The van der Waals surface area contributed by atoms with Gasteiger partial charge in [0.15, 0.2) is 5.82 Å². The minimum atomic E-state index is 0.646. The Labute approximate surface area is 139 Å². The first-order valence-electron chi connectivity index (χ1n) is 8.51. The van der Waals surface area contributed by atoms with E-state index in [9.17, 15) is 0 Å². The largest absolute Gasteiger partial charge is 0.360 e. The number of rotatable bonds is 6. The van der Waals surface area contributed by atoms with Gasteiger partial charge in [0.2, 0.25) is 5.13 Å². The van der Waals surface area contributed by atoms with Gasteiger partial charge >= 0.3 is 0 Å². The highest BCUT2D eigenvalue weighted by Crippen LogP contribution is 2.42. The Kier molecular flexibility index (Phi) is 3.21. The first kappa shape index (κ1) is 13.7. The molecule has 3 aliphatic rings. The average molecular weight is 328 g/mol. The van der Waals surface area contributed by atoms with E-state index in [-0.39, 0.29) is 0 Å². The summed E-state index contributed by atoms with van der Waals surface area (Å²) in [7, 11) is 0. The van der Waals surface area contributed by atoms with Gasteiger partial charge in [0.25, 0.3) is 0 Å². The lowest BCUT2D eigenvalue weighted by Gasteiger charge is -2.39. The molecule has 5 rings (SSSR count). The summed E-state index contributed by atoms with van der Waals surface area (Å²) in [4.78, 5) is 2.30. The van der Waals surface area contributed by atoms with E-state index < -0.39 is 0 Å². The molecule has 2 aliphatic carbocycles. The molecule has 3 fully saturated rings. The first-order chi connectivity index (χ1) is 11.3. The van der Waals surface area contributed by atoms with E-state index in [0.717, 1.165) is 36.3 Å². The Morgan fingerprint density at radius 2 is 1.83 bits per heavy atom. The monoisotopic (exact) mass is 328 g/mol. The Hall–Kier alpha value is -1.76. The number of hydrogen-bond donors (Lipinski definition) is 1. The van der Waals surface area contributed by atoms with Crippen LogP contribution in [0.4, 0.5) is 10.9 Å². The molecule has 1 saturated heterocycles. The normalized spacial score (nSPS) is 21.3. The van der Waals surface area contributed by atoms with Crippen molar-refractivity contribution in [1.82, 2.24) is 20.4 Å².